The topological polar surface area (TPSA) is 55.7 Å². The highest BCUT2D eigenvalue weighted by Crippen LogP contribution is 2.43. The normalized spacial score (nSPS) is 19.3. The van der Waals surface area contributed by atoms with Gasteiger partial charge in [0.05, 0.1) is 18.8 Å². The van der Waals surface area contributed by atoms with Crippen molar-refractivity contribution < 1.29 is 27.4 Å². The number of alkyl halides is 3. The van der Waals surface area contributed by atoms with E-state index in [2.05, 4.69) is 5.32 Å². The number of carbonyl (C=O) groups is 1. The highest BCUT2D eigenvalue weighted by atomic mass is 19.4. The van der Waals surface area contributed by atoms with E-state index in [1.807, 2.05) is 27.7 Å². The van der Waals surface area contributed by atoms with Gasteiger partial charge < -0.3 is 18.9 Å². The van der Waals surface area contributed by atoms with Crippen LogP contribution in [0.2, 0.25) is 0 Å². The number of fused-ring (bicyclic) bond motifs is 2. The molecule has 0 atom stereocenters. The summed E-state index contributed by atoms with van der Waals surface area (Å²) < 4.78 is 53.4. The number of hydrogen-bond acceptors (Lipinski definition) is 4. The molecule has 2 aromatic rings. The molecule has 1 fully saturated rings. The van der Waals surface area contributed by atoms with Gasteiger partial charge in [0.1, 0.15) is 5.69 Å². The third-order valence-electron chi connectivity index (χ3n) is 6.57. The summed E-state index contributed by atoms with van der Waals surface area (Å²) in [4.78, 5) is 15.0. The smallest absolute Gasteiger partial charge is 0.431 e. The molecule has 34 heavy (non-hydrogen) atoms. The lowest BCUT2D eigenvalue weighted by molar-refractivity contribution is -0.144. The van der Waals surface area contributed by atoms with E-state index in [1.165, 1.54) is 17.7 Å². The minimum absolute atomic E-state index is 0.0298. The highest BCUT2D eigenvalue weighted by Gasteiger charge is 2.48. The van der Waals surface area contributed by atoms with Gasteiger partial charge in [-0.3, -0.25) is 10.1 Å². The van der Waals surface area contributed by atoms with Crippen LogP contribution in [0.1, 0.15) is 62.3 Å². The molecule has 0 saturated carbocycles. The van der Waals surface area contributed by atoms with E-state index in [4.69, 9.17) is 9.47 Å². The van der Waals surface area contributed by atoms with Gasteiger partial charge in [-0.25, -0.2) is 0 Å². The maximum atomic E-state index is 13.6. The van der Waals surface area contributed by atoms with Gasteiger partial charge in [-0.1, -0.05) is 0 Å². The first-order chi connectivity index (χ1) is 15.8. The fraction of sp³-hybridized carbons (Fsp3) is 0.560. The number of piperidine rings is 1. The number of nitrogens with one attached hydrogen (secondary N) is 1. The standard InChI is InChI=1S/C25H32F3N3O3/c1-16(2)34-18-7-6-17(14-19(18)33-5)22(32)30-12-10-24(11-13-30)20-8-9-21(25(26,27)28)31(20)15-23(3,4)29-24/h6-9,14,16,29H,10-13,15H2,1-5H3. The van der Waals surface area contributed by atoms with Crippen LogP contribution in [-0.2, 0) is 18.3 Å². The van der Waals surface area contributed by atoms with Gasteiger partial charge in [0, 0.05) is 36.4 Å². The molecule has 2 aliphatic rings. The third-order valence-corrected chi connectivity index (χ3v) is 6.57. The van der Waals surface area contributed by atoms with E-state index in [0.717, 1.165) is 0 Å². The lowest BCUT2D eigenvalue weighted by Crippen LogP contribution is -2.63. The largest absolute Gasteiger partial charge is 0.493 e. The monoisotopic (exact) mass is 479 g/mol. The van der Waals surface area contributed by atoms with Crippen LogP contribution in [0.15, 0.2) is 30.3 Å². The predicted octanol–water partition coefficient (Wildman–Crippen LogP) is 4.82. The molecule has 1 aromatic carbocycles. The van der Waals surface area contributed by atoms with Gasteiger partial charge in [-0.05, 0) is 70.9 Å². The first-order valence-corrected chi connectivity index (χ1v) is 11.6. The van der Waals surface area contributed by atoms with Crippen LogP contribution in [0.5, 0.6) is 11.5 Å². The number of rotatable bonds is 4. The molecule has 1 aromatic heterocycles. The Bertz CT molecular complexity index is 1070. The van der Waals surface area contributed by atoms with Gasteiger partial charge in [0.15, 0.2) is 11.5 Å². The number of halogens is 3. The Morgan fingerprint density at radius 1 is 1.09 bits per heavy atom. The molecule has 1 spiro atoms. The predicted molar refractivity (Wildman–Crippen MR) is 122 cm³/mol. The van der Waals surface area contributed by atoms with Gasteiger partial charge in [-0.2, -0.15) is 13.2 Å². The summed E-state index contributed by atoms with van der Waals surface area (Å²) in [6.45, 7) is 8.76. The fourth-order valence-electron chi connectivity index (χ4n) is 5.26. The number of nitrogens with zero attached hydrogens (tertiary/aromatic N) is 2. The molecule has 0 unspecified atom stereocenters. The van der Waals surface area contributed by atoms with Crippen LogP contribution >= 0.6 is 0 Å². The summed E-state index contributed by atoms with van der Waals surface area (Å²) in [7, 11) is 1.53. The SMILES string of the molecule is COc1cc(C(=O)N2CCC3(CC2)NC(C)(C)Cn2c(C(F)(F)F)ccc23)ccc1OC(C)C. The summed E-state index contributed by atoms with van der Waals surface area (Å²) in [5.74, 6) is 0.924. The van der Waals surface area contributed by atoms with Crippen LogP contribution in [0.25, 0.3) is 0 Å². The molecule has 0 bridgehead atoms. The van der Waals surface area contributed by atoms with E-state index >= 15 is 0 Å². The van der Waals surface area contributed by atoms with Crippen molar-refractivity contribution in [2.75, 3.05) is 20.2 Å². The lowest BCUT2D eigenvalue weighted by Gasteiger charge is -2.51. The van der Waals surface area contributed by atoms with E-state index in [0.29, 0.717) is 48.7 Å². The van der Waals surface area contributed by atoms with Crippen LogP contribution in [0, 0.1) is 0 Å². The van der Waals surface area contributed by atoms with Crippen molar-refractivity contribution in [2.24, 2.45) is 0 Å². The summed E-state index contributed by atoms with van der Waals surface area (Å²) >= 11 is 0. The second-order valence-corrected chi connectivity index (χ2v) is 10.1. The molecule has 1 amide bonds. The van der Waals surface area contributed by atoms with Crippen molar-refractivity contribution in [1.82, 2.24) is 14.8 Å². The number of likely N-dealkylation sites (tertiary alicyclic amines) is 1. The van der Waals surface area contributed by atoms with E-state index in [9.17, 15) is 18.0 Å². The molecule has 6 nitrogen and oxygen atoms in total. The maximum Gasteiger partial charge on any atom is 0.431 e. The molecule has 4 rings (SSSR count). The van der Waals surface area contributed by atoms with Gasteiger partial charge in [0.25, 0.3) is 5.91 Å². The number of aromatic nitrogens is 1. The van der Waals surface area contributed by atoms with Gasteiger partial charge in [-0.15, -0.1) is 0 Å². The molecule has 186 valence electrons. The fourth-order valence-corrected chi connectivity index (χ4v) is 5.26. The zero-order valence-corrected chi connectivity index (χ0v) is 20.3. The van der Waals surface area contributed by atoms with Crippen LogP contribution in [-0.4, -0.2) is 47.2 Å². The molecule has 3 heterocycles. The Balaban J connectivity index is 1.56. The summed E-state index contributed by atoms with van der Waals surface area (Å²) in [5, 5.41) is 3.61. The summed E-state index contributed by atoms with van der Waals surface area (Å²) in [6, 6.07) is 7.88. The summed E-state index contributed by atoms with van der Waals surface area (Å²) in [5.41, 5.74) is -0.621. The zero-order valence-electron chi connectivity index (χ0n) is 20.3. The number of ether oxygens (including phenoxy) is 2. The van der Waals surface area contributed by atoms with E-state index < -0.39 is 22.9 Å². The minimum atomic E-state index is -4.41. The molecule has 2 aliphatic heterocycles. The Morgan fingerprint density at radius 2 is 1.76 bits per heavy atom. The van der Waals surface area contributed by atoms with Crippen LogP contribution in [0.4, 0.5) is 13.2 Å². The summed E-state index contributed by atoms with van der Waals surface area (Å²) in [6.07, 6.45) is -3.39. The molecular formula is C25H32F3N3O3. The Hall–Kier alpha value is -2.68. The first-order valence-electron chi connectivity index (χ1n) is 11.6. The molecular weight excluding hydrogens is 447 g/mol. The van der Waals surface area contributed by atoms with Crippen molar-refractivity contribution in [3.05, 3.63) is 47.3 Å². The number of methoxy groups -OCH3 is 1. The molecule has 1 saturated heterocycles. The third kappa shape index (κ3) is 4.50. The average molecular weight is 480 g/mol. The van der Waals surface area contributed by atoms with E-state index in [1.54, 1.807) is 29.2 Å². The Labute approximate surface area is 198 Å². The van der Waals surface area contributed by atoms with Gasteiger partial charge >= 0.3 is 6.18 Å². The maximum absolute atomic E-state index is 13.6. The number of benzene rings is 1. The molecule has 0 radical (unpaired) electrons. The minimum Gasteiger partial charge on any atom is -0.493 e. The second-order valence-electron chi connectivity index (χ2n) is 10.1. The quantitative estimate of drug-likeness (QED) is 0.684. The Morgan fingerprint density at radius 3 is 2.35 bits per heavy atom. The first kappa shape index (κ1) is 24.4. The van der Waals surface area contributed by atoms with Crippen LogP contribution in [0.3, 0.4) is 0 Å². The highest BCUT2D eigenvalue weighted by molar-refractivity contribution is 5.95. The Kier molecular flexibility index (Phi) is 6.12. The van der Waals surface area contributed by atoms with E-state index in [-0.39, 0.29) is 18.6 Å². The number of hydrogen-bond donors (Lipinski definition) is 1. The van der Waals surface area contributed by atoms with Gasteiger partial charge in [0.2, 0.25) is 0 Å². The van der Waals surface area contributed by atoms with Crippen LogP contribution < -0.4 is 14.8 Å². The molecule has 9 heteroatoms. The second kappa shape index (κ2) is 8.52. The van der Waals surface area contributed by atoms with Crippen molar-refractivity contribution in [2.45, 2.75) is 70.4 Å². The number of carbonyl (C=O) groups excluding carboxylic acids is 1. The van der Waals surface area contributed by atoms with Crippen molar-refractivity contribution in [1.29, 1.82) is 0 Å². The average Bonchev–Trinajstić information content (AvgIpc) is 3.17. The lowest BCUT2D eigenvalue weighted by atomic mass is 9.79. The van der Waals surface area contributed by atoms with Crippen molar-refractivity contribution in [3.8, 4) is 11.5 Å². The van der Waals surface area contributed by atoms with Crippen molar-refractivity contribution in [3.63, 3.8) is 0 Å². The number of amides is 1. The zero-order chi connectivity index (χ0) is 24.9. The van der Waals surface area contributed by atoms with Crippen molar-refractivity contribution >= 4 is 5.91 Å². The molecule has 0 aliphatic carbocycles. The molecule has 1 N–H and O–H groups in total.